The molecular formula is C8H18Ni-2. The van der Waals surface area contributed by atoms with Crippen molar-refractivity contribution in [2.24, 2.45) is 0 Å². The van der Waals surface area contributed by atoms with Crippen molar-refractivity contribution in [1.82, 2.24) is 0 Å². The first-order chi connectivity index (χ1) is 4.24. The summed E-state index contributed by atoms with van der Waals surface area (Å²) in [5.41, 5.74) is 0. The van der Waals surface area contributed by atoms with Gasteiger partial charge in [-0.1, -0.05) is 13.8 Å². The van der Waals surface area contributed by atoms with Crippen molar-refractivity contribution in [3.8, 4) is 0 Å². The molecule has 0 aromatic carbocycles. The second kappa shape index (κ2) is 40.1. The molecule has 0 aliphatic carbocycles. The largest absolute Gasteiger partial charge is 0.344 e. The molecular weight excluding hydrogens is 155 g/mol. The van der Waals surface area contributed by atoms with E-state index in [1.807, 2.05) is 20.8 Å². The summed E-state index contributed by atoms with van der Waals surface area (Å²) in [5, 5.41) is 0. The smallest absolute Gasteiger partial charge is 0.0927 e. The third-order valence-electron chi connectivity index (χ3n) is 0. The molecule has 0 radical (unpaired) electrons. The van der Waals surface area contributed by atoms with Crippen LogP contribution >= 0.6 is 0 Å². The Morgan fingerprint density at radius 3 is 1.22 bits per heavy atom. The molecule has 0 rings (SSSR count). The monoisotopic (exact) mass is 172 g/mol. The van der Waals surface area contributed by atoms with E-state index in [1.165, 1.54) is 0 Å². The average molecular weight is 173 g/mol. The van der Waals surface area contributed by atoms with E-state index in [-0.39, 0.29) is 0 Å². The topological polar surface area (TPSA) is 0 Å². The summed E-state index contributed by atoms with van der Waals surface area (Å²) >= 11 is 4.04. The van der Waals surface area contributed by atoms with E-state index in [0.717, 1.165) is 12.8 Å². The molecule has 0 aromatic rings. The first-order valence-electron chi connectivity index (χ1n) is 3.17. The molecule has 0 unspecified atom stereocenters. The van der Waals surface area contributed by atoms with E-state index in [2.05, 4.69) is 28.9 Å². The quantitative estimate of drug-likeness (QED) is 0.390. The van der Waals surface area contributed by atoms with Gasteiger partial charge in [-0.15, -0.1) is 0 Å². The van der Waals surface area contributed by atoms with Gasteiger partial charge in [-0.2, -0.15) is 12.8 Å². The zero-order valence-electron chi connectivity index (χ0n) is 6.72. The Balaban J connectivity index is -0.0000000600. The minimum atomic E-state index is 1.00. The van der Waals surface area contributed by atoms with Crippen LogP contribution in [0.15, 0.2) is 0 Å². The van der Waals surface area contributed by atoms with Crippen molar-refractivity contribution in [1.29, 1.82) is 0 Å². The maximum absolute atomic E-state index is 4.04. The second-order valence-electron chi connectivity index (χ2n) is 1.18. The molecule has 0 saturated heterocycles. The fourth-order valence-corrected chi connectivity index (χ4v) is 0. The fourth-order valence-electron chi connectivity index (χ4n) is 0. The van der Waals surface area contributed by atoms with Crippen molar-refractivity contribution in [2.75, 3.05) is 0 Å². The minimum Gasteiger partial charge on any atom is -0.344 e. The van der Waals surface area contributed by atoms with Crippen LogP contribution < -0.4 is 0 Å². The van der Waals surface area contributed by atoms with Gasteiger partial charge in [0.25, 0.3) is 0 Å². The molecule has 9 heavy (non-hydrogen) atoms. The van der Waals surface area contributed by atoms with E-state index in [0.29, 0.717) is 0 Å². The summed E-state index contributed by atoms with van der Waals surface area (Å²) in [4.78, 5) is 1.62. The maximum Gasteiger partial charge on any atom is -0.0927 e. The zero-order chi connectivity index (χ0) is 8.12. The average Bonchev–Trinajstić information content (AvgIpc) is 1.70. The number of rotatable bonds is 0. The van der Waals surface area contributed by atoms with Crippen LogP contribution in [-0.4, -0.2) is 4.99 Å². The summed E-state index contributed by atoms with van der Waals surface area (Å²) in [7, 11) is 0. The first-order valence-corrected chi connectivity index (χ1v) is 3.74. The van der Waals surface area contributed by atoms with Crippen LogP contribution in [0.5, 0.6) is 0 Å². The molecule has 0 heterocycles. The van der Waals surface area contributed by atoms with Crippen molar-refractivity contribution in [3.63, 3.8) is 0 Å². The molecule has 62 valence electrons. The van der Waals surface area contributed by atoms with Crippen LogP contribution in [0.1, 0.15) is 33.6 Å². The zero-order valence-corrected chi connectivity index (χ0v) is 7.71. The molecule has 0 aliphatic heterocycles. The van der Waals surface area contributed by atoms with Gasteiger partial charge in [-0.05, 0) is 0 Å². The predicted octanol–water partition coefficient (Wildman–Crippen LogP) is 2.82. The standard InChI is InChI=1S/2C3H7.C2H4.Ni/c2*1-3-2;1-2;/h2*1,3H2,2H3;1H,2H3;/q2*-1;;. The predicted molar refractivity (Wildman–Crippen MR) is 43.0 cm³/mol. The maximum atomic E-state index is 4.04. The second-order valence-corrected chi connectivity index (χ2v) is 1.75. The van der Waals surface area contributed by atoms with Gasteiger partial charge in [0.1, 0.15) is 0 Å². The van der Waals surface area contributed by atoms with Gasteiger partial charge in [0, 0.05) is 0 Å². The molecule has 0 saturated carbocycles. The Bertz CT molecular complexity index is 23.7. The van der Waals surface area contributed by atoms with Gasteiger partial charge in [-0.3, -0.25) is 0 Å². The molecule has 0 fully saturated rings. The van der Waals surface area contributed by atoms with Crippen LogP contribution in [0, 0.1) is 13.8 Å². The van der Waals surface area contributed by atoms with Gasteiger partial charge >= 0.3 is 26.9 Å². The fraction of sp³-hybridized carbons (Fsp3) is 0.625. The Labute approximate surface area is 68.0 Å². The summed E-state index contributed by atoms with van der Waals surface area (Å²) in [5.74, 6) is 0. The summed E-state index contributed by atoms with van der Waals surface area (Å²) in [6.45, 7) is 12.8. The molecule has 1 heteroatoms. The molecule has 0 aliphatic rings. The molecule has 0 N–H and O–H groups in total. The summed E-state index contributed by atoms with van der Waals surface area (Å²) < 4.78 is 0. The molecule has 0 atom stereocenters. The summed E-state index contributed by atoms with van der Waals surface area (Å²) in [6.07, 6.45) is 2.00. The van der Waals surface area contributed by atoms with Crippen molar-refractivity contribution >= 4 is 4.99 Å². The van der Waals surface area contributed by atoms with Crippen molar-refractivity contribution < 1.29 is 15.0 Å². The number of hydrogen-bond donors (Lipinski definition) is 0. The Kier molecular flexibility index (Phi) is 72.0. The summed E-state index contributed by atoms with van der Waals surface area (Å²) in [6, 6.07) is 0. The number of hydrogen-bond acceptors (Lipinski definition) is 0. The third kappa shape index (κ3) is 2560. The van der Waals surface area contributed by atoms with Gasteiger partial charge in [0.15, 0.2) is 0 Å². The molecule has 0 aromatic heterocycles. The van der Waals surface area contributed by atoms with Gasteiger partial charge in [0.05, 0.1) is 0 Å². The minimum absolute atomic E-state index is 1.00. The van der Waals surface area contributed by atoms with Gasteiger partial charge < -0.3 is 13.8 Å². The Morgan fingerprint density at radius 2 is 1.22 bits per heavy atom. The SMILES string of the molecule is C[CH]=[Ni].[CH2-]CC.[CH2-]CC. The molecule has 0 bridgehead atoms. The van der Waals surface area contributed by atoms with E-state index in [4.69, 9.17) is 0 Å². The van der Waals surface area contributed by atoms with E-state index in [9.17, 15) is 0 Å². The van der Waals surface area contributed by atoms with Crippen LogP contribution in [-0.2, 0) is 15.0 Å². The first kappa shape index (κ1) is 16.2. The van der Waals surface area contributed by atoms with E-state index >= 15 is 0 Å². The molecule has 0 amide bonds. The Hall–Kier alpha value is 0.364. The Morgan fingerprint density at radius 1 is 1.22 bits per heavy atom. The van der Waals surface area contributed by atoms with Crippen LogP contribution in [0.2, 0.25) is 0 Å². The van der Waals surface area contributed by atoms with E-state index < -0.39 is 0 Å². The van der Waals surface area contributed by atoms with Crippen molar-refractivity contribution in [2.45, 2.75) is 33.6 Å². The van der Waals surface area contributed by atoms with Crippen molar-refractivity contribution in [3.05, 3.63) is 13.8 Å². The van der Waals surface area contributed by atoms with Gasteiger partial charge in [0.2, 0.25) is 0 Å². The van der Waals surface area contributed by atoms with Crippen LogP contribution in [0.4, 0.5) is 0 Å². The van der Waals surface area contributed by atoms with Gasteiger partial charge in [-0.25, -0.2) is 0 Å². The van der Waals surface area contributed by atoms with Crippen LogP contribution in [0.25, 0.3) is 0 Å². The normalized spacial score (nSPS) is 5.67. The molecule has 0 spiro atoms. The van der Waals surface area contributed by atoms with Crippen LogP contribution in [0.3, 0.4) is 0 Å². The molecule has 0 nitrogen and oxygen atoms in total. The third-order valence-corrected chi connectivity index (χ3v) is 0. The van der Waals surface area contributed by atoms with E-state index in [1.54, 1.807) is 4.99 Å².